The summed E-state index contributed by atoms with van der Waals surface area (Å²) in [4.78, 5) is 11.3. The van der Waals surface area contributed by atoms with E-state index in [0.717, 1.165) is 15.8 Å². The Morgan fingerprint density at radius 3 is 2.94 bits per heavy atom. The minimum absolute atomic E-state index is 0.0379. The molecule has 0 spiro atoms. The lowest BCUT2D eigenvalue weighted by Gasteiger charge is -2.06. The molecule has 0 aliphatic rings. The summed E-state index contributed by atoms with van der Waals surface area (Å²) in [5, 5.41) is 10.8. The molecule has 16 heavy (non-hydrogen) atoms. The number of methoxy groups -OCH3 is 1. The Kier molecular flexibility index (Phi) is 4.80. The van der Waals surface area contributed by atoms with Crippen molar-refractivity contribution in [1.82, 2.24) is 5.32 Å². The third kappa shape index (κ3) is 3.55. The van der Waals surface area contributed by atoms with E-state index in [9.17, 15) is 4.79 Å². The number of halogens is 1. The van der Waals surface area contributed by atoms with E-state index in [1.165, 1.54) is 0 Å². The molecule has 0 aromatic heterocycles. The van der Waals surface area contributed by atoms with Crippen LogP contribution in [-0.4, -0.2) is 19.6 Å². The van der Waals surface area contributed by atoms with E-state index in [0.29, 0.717) is 0 Å². The maximum atomic E-state index is 11.3. The van der Waals surface area contributed by atoms with Gasteiger partial charge < -0.3 is 10.1 Å². The summed E-state index contributed by atoms with van der Waals surface area (Å²) in [5.41, 5.74) is 0.864. The molecule has 1 N–H and O–H groups in total. The van der Waals surface area contributed by atoms with Crippen LogP contribution in [-0.2, 0) is 11.2 Å². The number of nitrogens with one attached hydrogen (secondary N) is 1. The Labute approximate surface area is 102 Å². The van der Waals surface area contributed by atoms with Crippen LogP contribution < -0.4 is 10.1 Å². The van der Waals surface area contributed by atoms with Crippen molar-refractivity contribution in [2.75, 3.05) is 13.7 Å². The first-order chi connectivity index (χ1) is 7.67. The van der Waals surface area contributed by atoms with Gasteiger partial charge >= 0.3 is 0 Å². The van der Waals surface area contributed by atoms with Crippen LogP contribution in [0.25, 0.3) is 0 Å². The number of carbonyl (C=O) groups is 1. The van der Waals surface area contributed by atoms with Gasteiger partial charge in [-0.25, -0.2) is 0 Å². The Hall–Kier alpha value is -1.54. The monoisotopic (exact) mass is 282 g/mol. The summed E-state index contributed by atoms with van der Waals surface area (Å²) in [7, 11) is 1.58. The van der Waals surface area contributed by atoms with Gasteiger partial charge in [0.25, 0.3) is 0 Å². The largest absolute Gasteiger partial charge is 0.496 e. The summed E-state index contributed by atoms with van der Waals surface area (Å²) >= 11 is 3.34. The lowest BCUT2D eigenvalue weighted by atomic mass is 10.1. The Bertz CT molecular complexity index is 426. The first-order valence-corrected chi connectivity index (χ1v) is 5.42. The number of carbonyl (C=O) groups excluding carboxylic acids is 1. The van der Waals surface area contributed by atoms with Crippen LogP contribution in [0.5, 0.6) is 5.75 Å². The number of nitrogens with zero attached hydrogens (tertiary/aromatic N) is 1. The maximum absolute atomic E-state index is 11.3. The highest BCUT2D eigenvalue weighted by atomic mass is 79.9. The van der Waals surface area contributed by atoms with Gasteiger partial charge in [-0.05, 0) is 33.6 Å². The zero-order valence-corrected chi connectivity index (χ0v) is 10.4. The van der Waals surface area contributed by atoms with E-state index >= 15 is 0 Å². The molecule has 5 heteroatoms. The molecular formula is C11H11BrN2O2. The smallest absolute Gasteiger partial charge is 0.225 e. The van der Waals surface area contributed by atoms with Crippen molar-refractivity contribution in [2.45, 2.75) is 6.42 Å². The van der Waals surface area contributed by atoms with Crippen LogP contribution >= 0.6 is 15.9 Å². The fourth-order valence-corrected chi connectivity index (χ4v) is 1.79. The quantitative estimate of drug-likeness (QED) is 0.854. The van der Waals surface area contributed by atoms with E-state index in [4.69, 9.17) is 10.00 Å². The predicted molar refractivity (Wildman–Crippen MR) is 63.0 cm³/mol. The lowest BCUT2D eigenvalue weighted by molar-refractivity contribution is -0.120. The third-order valence-electron chi connectivity index (χ3n) is 1.95. The fourth-order valence-electron chi connectivity index (χ4n) is 1.21. The van der Waals surface area contributed by atoms with Crippen molar-refractivity contribution in [3.63, 3.8) is 0 Å². The van der Waals surface area contributed by atoms with Gasteiger partial charge in [-0.3, -0.25) is 4.79 Å². The molecule has 0 fully saturated rings. The molecular weight excluding hydrogens is 272 g/mol. The first kappa shape index (κ1) is 12.5. The van der Waals surface area contributed by atoms with E-state index < -0.39 is 0 Å². The van der Waals surface area contributed by atoms with Gasteiger partial charge in [0.15, 0.2) is 0 Å². The number of rotatable bonds is 4. The normalized spacial score (nSPS) is 9.31. The van der Waals surface area contributed by atoms with E-state index in [-0.39, 0.29) is 18.9 Å². The van der Waals surface area contributed by atoms with Crippen LogP contribution in [0.4, 0.5) is 0 Å². The van der Waals surface area contributed by atoms with Gasteiger partial charge in [0.2, 0.25) is 5.91 Å². The van der Waals surface area contributed by atoms with Crippen LogP contribution in [0.3, 0.4) is 0 Å². The highest BCUT2D eigenvalue weighted by molar-refractivity contribution is 9.10. The zero-order chi connectivity index (χ0) is 12.0. The van der Waals surface area contributed by atoms with Crippen LogP contribution in [0.15, 0.2) is 22.7 Å². The molecule has 1 rings (SSSR count). The minimum Gasteiger partial charge on any atom is -0.496 e. The second-order valence-electron chi connectivity index (χ2n) is 3.08. The van der Waals surface area contributed by atoms with Gasteiger partial charge in [-0.2, -0.15) is 5.26 Å². The van der Waals surface area contributed by atoms with Gasteiger partial charge in [0.1, 0.15) is 12.3 Å². The zero-order valence-electron chi connectivity index (χ0n) is 8.79. The average Bonchev–Trinajstić information content (AvgIpc) is 2.26. The molecule has 1 aromatic carbocycles. The molecule has 1 amide bonds. The summed E-state index contributed by atoms with van der Waals surface area (Å²) in [6, 6.07) is 7.28. The summed E-state index contributed by atoms with van der Waals surface area (Å²) < 4.78 is 5.89. The van der Waals surface area contributed by atoms with Crippen LogP contribution in [0.1, 0.15) is 5.56 Å². The van der Waals surface area contributed by atoms with Crippen LogP contribution in [0, 0.1) is 11.3 Å². The van der Waals surface area contributed by atoms with Gasteiger partial charge in [-0.15, -0.1) is 0 Å². The van der Waals surface area contributed by atoms with E-state index in [1.54, 1.807) is 13.2 Å². The highest BCUT2D eigenvalue weighted by Gasteiger charge is 2.05. The highest BCUT2D eigenvalue weighted by Crippen LogP contribution is 2.25. The number of ether oxygens (including phenoxy) is 1. The molecule has 0 atom stereocenters. The van der Waals surface area contributed by atoms with Gasteiger partial charge in [-0.1, -0.05) is 6.07 Å². The third-order valence-corrected chi connectivity index (χ3v) is 2.57. The topological polar surface area (TPSA) is 62.1 Å². The second kappa shape index (κ2) is 6.13. The van der Waals surface area contributed by atoms with Gasteiger partial charge in [0.05, 0.1) is 24.1 Å². The van der Waals surface area contributed by atoms with E-state index in [2.05, 4.69) is 21.2 Å². The molecule has 84 valence electrons. The Morgan fingerprint density at radius 1 is 1.62 bits per heavy atom. The fraction of sp³-hybridized carbons (Fsp3) is 0.273. The van der Waals surface area contributed by atoms with Gasteiger partial charge in [0, 0.05) is 0 Å². The standard InChI is InChI=1S/C11H11BrN2O2/c1-16-10-3-2-8(6-9(10)12)7-11(15)14-5-4-13/h2-3,6H,5,7H2,1H3,(H,14,15). The molecule has 0 saturated carbocycles. The van der Waals surface area contributed by atoms with Crippen LogP contribution in [0.2, 0.25) is 0 Å². The average molecular weight is 283 g/mol. The molecule has 0 unspecified atom stereocenters. The lowest BCUT2D eigenvalue weighted by Crippen LogP contribution is -2.25. The molecule has 0 bridgehead atoms. The van der Waals surface area contributed by atoms with Crippen molar-refractivity contribution in [3.8, 4) is 11.8 Å². The molecule has 0 saturated heterocycles. The molecule has 1 aromatic rings. The number of nitriles is 1. The summed E-state index contributed by atoms with van der Waals surface area (Å²) in [6.45, 7) is 0.0379. The molecule has 0 heterocycles. The number of hydrogen-bond acceptors (Lipinski definition) is 3. The van der Waals surface area contributed by atoms with Crippen molar-refractivity contribution in [2.24, 2.45) is 0 Å². The maximum Gasteiger partial charge on any atom is 0.225 e. The number of benzene rings is 1. The molecule has 0 radical (unpaired) electrons. The number of amides is 1. The Morgan fingerprint density at radius 2 is 2.38 bits per heavy atom. The SMILES string of the molecule is COc1ccc(CC(=O)NCC#N)cc1Br. The van der Waals surface area contributed by atoms with Crippen molar-refractivity contribution >= 4 is 21.8 Å². The van der Waals surface area contributed by atoms with Crippen molar-refractivity contribution < 1.29 is 9.53 Å². The first-order valence-electron chi connectivity index (χ1n) is 4.63. The molecule has 0 aliphatic heterocycles. The number of hydrogen-bond donors (Lipinski definition) is 1. The minimum atomic E-state index is -0.168. The van der Waals surface area contributed by atoms with Crippen molar-refractivity contribution in [1.29, 1.82) is 5.26 Å². The molecule has 0 aliphatic carbocycles. The molecule has 4 nitrogen and oxygen atoms in total. The predicted octanol–water partition coefficient (Wildman–Crippen LogP) is 1.64. The van der Waals surface area contributed by atoms with E-state index in [1.807, 2.05) is 18.2 Å². The summed E-state index contributed by atoms with van der Waals surface area (Å²) in [6.07, 6.45) is 0.254. The Balaban J connectivity index is 2.65. The summed E-state index contributed by atoms with van der Waals surface area (Å²) in [5.74, 6) is 0.555. The second-order valence-corrected chi connectivity index (χ2v) is 3.93. The van der Waals surface area contributed by atoms with Crippen molar-refractivity contribution in [3.05, 3.63) is 28.2 Å².